The highest BCUT2D eigenvalue weighted by molar-refractivity contribution is 5.81. The standard InChI is InChI=1S/C11H22N2O/c1-11(2,3)10(14)13(4)8-9-6-5-7-12-9/h9,12H,5-8H2,1-4H3. The maximum atomic E-state index is 11.9. The number of rotatable bonds is 2. The van der Waals surface area contributed by atoms with Crippen LogP contribution in [0, 0.1) is 5.41 Å². The van der Waals surface area contributed by atoms with Crippen molar-refractivity contribution in [3.8, 4) is 0 Å². The van der Waals surface area contributed by atoms with Crippen LogP contribution in [0.4, 0.5) is 0 Å². The first kappa shape index (κ1) is 11.5. The molecule has 0 aromatic heterocycles. The molecule has 3 heteroatoms. The molecule has 1 amide bonds. The highest BCUT2D eigenvalue weighted by Crippen LogP contribution is 2.17. The molecule has 0 aliphatic carbocycles. The fourth-order valence-corrected chi connectivity index (χ4v) is 1.90. The van der Waals surface area contributed by atoms with Crippen molar-refractivity contribution in [2.45, 2.75) is 39.7 Å². The summed E-state index contributed by atoms with van der Waals surface area (Å²) in [5, 5.41) is 3.40. The van der Waals surface area contributed by atoms with Crippen molar-refractivity contribution in [3.05, 3.63) is 0 Å². The summed E-state index contributed by atoms with van der Waals surface area (Å²) in [6.45, 7) is 7.84. The number of hydrogen-bond acceptors (Lipinski definition) is 2. The summed E-state index contributed by atoms with van der Waals surface area (Å²) < 4.78 is 0. The topological polar surface area (TPSA) is 32.3 Å². The summed E-state index contributed by atoms with van der Waals surface area (Å²) in [5.74, 6) is 0.228. The summed E-state index contributed by atoms with van der Waals surface area (Å²) >= 11 is 0. The number of nitrogens with zero attached hydrogens (tertiary/aromatic N) is 1. The molecule has 1 unspecified atom stereocenters. The summed E-state index contributed by atoms with van der Waals surface area (Å²) in [4.78, 5) is 13.7. The smallest absolute Gasteiger partial charge is 0.227 e. The predicted molar refractivity (Wildman–Crippen MR) is 58.1 cm³/mol. The van der Waals surface area contributed by atoms with Gasteiger partial charge in [0, 0.05) is 25.0 Å². The Bertz CT molecular complexity index is 202. The lowest BCUT2D eigenvalue weighted by atomic mass is 9.95. The molecule has 82 valence electrons. The van der Waals surface area contributed by atoms with Crippen molar-refractivity contribution in [3.63, 3.8) is 0 Å². The van der Waals surface area contributed by atoms with Gasteiger partial charge in [-0.1, -0.05) is 20.8 Å². The molecule has 0 saturated carbocycles. The molecular formula is C11H22N2O. The molecular weight excluding hydrogens is 176 g/mol. The van der Waals surface area contributed by atoms with Gasteiger partial charge in [0.2, 0.25) is 5.91 Å². The molecule has 1 heterocycles. The minimum absolute atomic E-state index is 0.228. The average Bonchev–Trinajstić information content (AvgIpc) is 2.53. The van der Waals surface area contributed by atoms with E-state index in [4.69, 9.17) is 0 Å². The molecule has 1 N–H and O–H groups in total. The van der Waals surface area contributed by atoms with E-state index in [0.717, 1.165) is 13.1 Å². The van der Waals surface area contributed by atoms with Crippen molar-refractivity contribution in [2.24, 2.45) is 5.41 Å². The van der Waals surface area contributed by atoms with E-state index in [1.165, 1.54) is 12.8 Å². The van der Waals surface area contributed by atoms with Gasteiger partial charge in [-0.05, 0) is 19.4 Å². The van der Waals surface area contributed by atoms with Gasteiger partial charge >= 0.3 is 0 Å². The maximum Gasteiger partial charge on any atom is 0.227 e. The van der Waals surface area contributed by atoms with Gasteiger partial charge in [-0.25, -0.2) is 0 Å². The molecule has 14 heavy (non-hydrogen) atoms. The van der Waals surface area contributed by atoms with Crippen LogP contribution in [-0.4, -0.2) is 37.0 Å². The minimum atomic E-state index is -0.257. The van der Waals surface area contributed by atoms with Crippen molar-refractivity contribution < 1.29 is 4.79 Å². The van der Waals surface area contributed by atoms with Gasteiger partial charge in [0.25, 0.3) is 0 Å². The fraction of sp³-hybridized carbons (Fsp3) is 0.909. The van der Waals surface area contributed by atoms with Crippen molar-refractivity contribution in [1.82, 2.24) is 10.2 Å². The van der Waals surface area contributed by atoms with Crippen LogP contribution in [0.25, 0.3) is 0 Å². The van der Waals surface area contributed by atoms with E-state index in [1.54, 1.807) is 0 Å². The Morgan fingerprint density at radius 2 is 2.14 bits per heavy atom. The molecule has 1 aliphatic rings. The second kappa shape index (κ2) is 4.30. The maximum absolute atomic E-state index is 11.9. The number of nitrogens with one attached hydrogen (secondary N) is 1. The second-order valence-electron chi connectivity index (χ2n) is 5.23. The summed E-state index contributed by atoms with van der Waals surface area (Å²) in [7, 11) is 1.90. The Morgan fingerprint density at radius 1 is 1.50 bits per heavy atom. The Balaban J connectivity index is 2.41. The van der Waals surface area contributed by atoms with E-state index < -0.39 is 0 Å². The van der Waals surface area contributed by atoms with Crippen LogP contribution in [0.2, 0.25) is 0 Å². The number of amides is 1. The largest absolute Gasteiger partial charge is 0.344 e. The molecule has 0 aromatic rings. The summed E-state index contributed by atoms with van der Waals surface area (Å²) in [6.07, 6.45) is 2.43. The van der Waals surface area contributed by atoms with Gasteiger partial charge in [0.1, 0.15) is 0 Å². The van der Waals surface area contributed by atoms with Crippen LogP contribution in [0.5, 0.6) is 0 Å². The van der Waals surface area contributed by atoms with Gasteiger partial charge in [0.05, 0.1) is 0 Å². The SMILES string of the molecule is CN(CC1CCCN1)C(=O)C(C)(C)C. The van der Waals surface area contributed by atoms with Crippen LogP contribution in [-0.2, 0) is 4.79 Å². The number of likely N-dealkylation sites (N-methyl/N-ethyl adjacent to an activating group) is 1. The highest BCUT2D eigenvalue weighted by atomic mass is 16.2. The Hall–Kier alpha value is -0.570. The van der Waals surface area contributed by atoms with Gasteiger partial charge in [-0.2, -0.15) is 0 Å². The molecule has 3 nitrogen and oxygen atoms in total. The van der Waals surface area contributed by atoms with E-state index in [9.17, 15) is 4.79 Å². The lowest BCUT2D eigenvalue weighted by Crippen LogP contribution is -2.43. The minimum Gasteiger partial charge on any atom is -0.344 e. The number of carbonyl (C=O) groups excluding carboxylic acids is 1. The van der Waals surface area contributed by atoms with Gasteiger partial charge in [-0.15, -0.1) is 0 Å². The third-order valence-electron chi connectivity index (χ3n) is 2.64. The molecule has 0 radical (unpaired) electrons. The molecule has 0 aromatic carbocycles. The van der Waals surface area contributed by atoms with Gasteiger partial charge in [-0.3, -0.25) is 4.79 Å². The predicted octanol–water partition coefficient (Wildman–Crippen LogP) is 1.24. The summed E-state index contributed by atoms with van der Waals surface area (Å²) in [6, 6.07) is 0.506. The monoisotopic (exact) mass is 198 g/mol. The third kappa shape index (κ3) is 2.98. The van der Waals surface area contributed by atoms with E-state index in [2.05, 4.69) is 5.32 Å². The van der Waals surface area contributed by atoms with Crippen LogP contribution in [0.15, 0.2) is 0 Å². The first-order valence-electron chi connectivity index (χ1n) is 5.40. The second-order valence-corrected chi connectivity index (χ2v) is 5.23. The van der Waals surface area contributed by atoms with Crippen molar-refractivity contribution in [1.29, 1.82) is 0 Å². The van der Waals surface area contributed by atoms with Crippen LogP contribution in [0.3, 0.4) is 0 Å². The number of hydrogen-bond donors (Lipinski definition) is 1. The normalized spacial score (nSPS) is 22.4. The average molecular weight is 198 g/mol. The first-order chi connectivity index (χ1) is 6.41. The first-order valence-corrected chi connectivity index (χ1v) is 5.40. The van der Waals surface area contributed by atoms with Crippen LogP contribution in [0.1, 0.15) is 33.6 Å². The number of carbonyl (C=O) groups is 1. The lowest BCUT2D eigenvalue weighted by molar-refractivity contribution is -0.138. The molecule has 0 bridgehead atoms. The highest BCUT2D eigenvalue weighted by Gasteiger charge is 2.27. The van der Waals surface area contributed by atoms with Gasteiger partial charge in [0.15, 0.2) is 0 Å². The molecule has 1 rings (SSSR count). The van der Waals surface area contributed by atoms with E-state index in [1.807, 2.05) is 32.7 Å². The van der Waals surface area contributed by atoms with Gasteiger partial charge < -0.3 is 10.2 Å². The third-order valence-corrected chi connectivity index (χ3v) is 2.64. The van der Waals surface area contributed by atoms with Crippen molar-refractivity contribution in [2.75, 3.05) is 20.1 Å². The Labute approximate surface area is 86.9 Å². The van der Waals surface area contributed by atoms with Crippen molar-refractivity contribution >= 4 is 5.91 Å². The lowest BCUT2D eigenvalue weighted by Gasteiger charge is -2.28. The Morgan fingerprint density at radius 3 is 2.57 bits per heavy atom. The van der Waals surface area contributed by atoms with E-state index >= 15 is 0 Å². The Kier molecular flexibility index (Phi) is 3.53. The molecule has 0 spiro atoms. The molecule has 1 atom stereocenters. The van der Waals surface area contributed by atoms with E-state index in [-0.39, 0.29) is 11.3 Å². The zero-order valence-corrected chi connectivity index (χ0v) is 9.76. The molecule has 1 fully saturated rings. The van der Waals surface area contributed by atoms with Crippen LogP contribution >= 0.6 is 0 Å². The summed E-state index contributed by atoms with van der Waals surface area (Å²) in [5.41, 5.74) is -0.257. The van der Waals surface area contributed by atoms with E-state index in [0.29, 0.717) is 6.04 Å². The van der Waals surface area contributed by atoms with Crippen LogP contribution < -0.4 is 5.32 Å². The molecule has 1 aliphatic heterocycles. The fourth-order valence-electron chi connectivity index (χ4n) is 1.90. The zero-order chi connectivity index (χ0) is 10.8. The molecule has 1 saturated heterocycles. The zero-order valence-electron chi connectivity index (χ0n) is 9.76. The quantitative estimate of drug-likeness (QED) is 0.724.